The Morgan fingerprint density at radius 2 is 2.28 bits per heavy atom. The Morgan fingerprint density at radius 1 is 1.50 bits per heavy atom. The van der Waals surface area contributed by atoms with E-state index in [0.29, 0.717) is 11.4 Å². The van der Waals surface area contributed by atoms with E-state index in [4.69, 9.17) is 5.84 Å². The maximum Gasteiger partial charge on any atom is 0.274 e. The van der Waals surface area contributed by atoms with Gasteiger partial charge < -0.3 is 10.7 Å². The molecule has 1 amide bonds. The van der Waals surface area contributed by atoms with Crippen LogP contribution < -0.4 is 16.6 Å². The molecule has 0 aliphatic carbocycles. The maximum absolute atomic E-state index is 12.0. The molecule has 0 aliphatic rings. The Balaban J connectivity index is 2.19. The number of amides is 1. The van der Waals surface area contributed by atoms with Crippen molar-refractivity contribution in [3.05, 3.63) is 35.9 Å². The Kier molecular flexibility index (Phi) is 3.24. The Bertz CT molecular complexity index is 577. The lowest BCUT2D eigenvalue weighted by Gasteiger charge is -2.04. The highest BCUT2D eigenvalue weighted by Gasteiger charge is 2.11. The highest BCUT2D eigenvalue weighted by atomic mass is 16.1. The van der Waals surface area contributed by atoms with Gasteiger partial charge >= 0.3 is 0 Å². The van der Waals surface area contributed by atoms with Crippen LogP contribution in [0.5, 0.6) is 0 Å². The number of anilines is 2. The third-order valence-corrected chi connectivity index (χ3v) is 2.42. The SMILES string of the molecule is Cc1nn(C)cc1NC(=O)c1cc(NN)ccn1. The van der Waals surface area contributed by atoms with Crippen molar-refractivity contribution in [2.75, 3.05) is 10.7 Å². The van der Waals surface area contributed by atoms with Gasteiger partial charge in [-0.3, -0.25) is 20.3 Å². The van der Waals surface area contributed by atoms with Crippen molar-refractivity contribution in [3.63, 3.8) is 0 Å². The van der Waals surface area contributed by atoms with E-state index < -0.39 is 0 Å². The van der Waals surface area contributed by atoms with Gasteiger partial charge in [-0.15, -0.1) is 0 Å². The monoisotopic (exact) mass is 246 g/mol. The van der Waals surface area contributed by atoms with E-state index in [-0.39, 0.29) is 11.6 Å². The molecule has 0 spiro atoms. The van der Waals surface area contributed by atoms with Gasteiger partial charge in [0.15, 0.2) is 0 Å². The summed E-state index contributed by atoms with van der Waals surface area (Å²) in [5, 5.41) is 6.89. The maximum atomic E-state index is 12.0. The van der Waals surface area contributed by atoms with Crippen LogP contribution in [-0.4, -0.2) is 20.7 Å². The number of aromatic nitrogens is 3. The Labute approximate surface area is 104 Å². The Hall–Kier alpha value is -2.41. The van der Waals surface area contributed by atoms with Crippen LogP contribution in [0.1, 0.15) is 16.2 Å². The second-order valence-electron chi connectivity index (χ2n) is 3.83. The van der Waals surface area contributed by atoms with Gasteiger partial charge in [0.05, 0.1) is 17.1 Å². The van der Waals surface area contributed by atoms with Crippen LogP contribution >= 0.6 is 0 Å². The lowest BCUT2D eigenvalue weighted by Crippen LogP contribution is -2.15. The van der Waals surface area contributed by atoms with Crippen LogP contribution in [0.2, 0.25) is 0 Å². The first kappa shape index (κ1) is 12.1. The van der Waals surface area contributed by atoms with Crippen LogP contribution in [0.3, 0.4) is 0 Å². The number of carbonyl (C=O) groups is 1. The highest BCUT2D eigenvalue weighted by molar-refractivity contribution is 6.03. The zero-order valence-corrected chi connectivity index (χ0v) is 10.1. The molecule has 0 fully saturated rings. The summed E-state index contributed by atoms with van der Waals surface area (Å²) in [6.07, 6.45) is 3.25. The molecule has 0 saturated carbocycles. The molecule has 2 rings (SSSR count). The van der Waals surface area contributed by atoms with Crippen LogP contribution in [0, 0.1) is 6.92 Å². The first-order valence-corrected chi connectivity index (χ1v) is 5.34. The molecule has 4 N–H and O–H groups in total. The largest absolute Gasteiger partial charge is 0.324 e. The average Bonchev–Trinajstić information content (AvgIpc) is 2.68. The van der Waals surface area contributed by atoms with Crippen molar-refractivity contribution < 1.29 is 4.79 Å². The molecule has 0 unspecified atom stereocenters. The summed E-state index contributed by atoms with van der Waals surface area (Å²) < 4.78 is 1.64. The average molecular weight is 246 g/mol. The molecule has 0 aromatic carbocycles. The normalized spacial score (nSPS) is 10.2. The van der Waals surface area contributed by atoms with Crippen LogP contribution in [0.4, 0.5) is 11.4 Å². The lowest BCUT2D eigenvalue weighted by molar-refractivity contribution is 0.102. The summed E-state index contributed by atoms with van der Waals surface area (Å²) in [5.74, 6) is 4.97. The highest BCUT2D eigenvalue weighted by Crippen LogP contribution is 2.13. The van der Waals surface area contributed by atoms with Gasteiger partial charge in [0.2, 0.25) is 0 Å². The zero-order chi connectivity index (χ0) is 13.1. The molecule has 7 nitrogen and oxygen atoms in total. The number of hydrogen-bond acceptors (Lipinski definition) is 5. The van der Waals surface area contributed by atoms with E-state index in [0.717, 1.165) is 5.69 Å². The number of nitrogens with zero attached hydrogens (tertiary/aromatic N) is 3. The van der Waals surface area contributed by atoms with Crippen molar-refractivity contribution in [2.24, 2.45) is 12.9 Å². The fourth-order valence-electron chi connectivity index (χ4n) is 1.55. The van der Waals surface area contributed by atoms with E-state index in [2.05, 4.69) is 20.8 Å². The number of nitrogens with one attached hydrogen (secondary N) is 2. The molecule has 0 atom stereocenters. The summed E-state index contributed by atoms with van der Waals surface area (Å²) in [6, 6.07) is 3.24. The molecule has 2 aromatic rings. The summed E-state index contributed by atoms with van der Waals surface area (Å²) in [5.41, 5.74) is 4.79. The van der Waals surface area contributed by atoms with Crippen molar-refractivity contribution in [2.45, 2.75) is 6.92 Å². The first-order chi connectivity index (χ1) is 8.60. The van der Waals surface area contributed by atoms with Gasteiger partial charge in [0.25, 0.3) is 5.91 Å². The van der Waals surface area contributed by atoms with Gasteiger partial charge in [-0.25, -0.2) is 0 Å². The van der Waals surface area contributed by atoms with Crippen LogP contribution in [0.15, 0.2) is 24.5 Å². The van der Waals surface area contributed by atoms with E-state index in [1.54, 1.807) is 30.1 Å². The summed E-state index contributed by atoms with van der Waals surface area (Å²) >= 11 is 0. The first-order valence-electron chi connectivity index (χ1n) is 5.34. The van der Waals surface area contributed by atoms with Crippen molar-refractivity contribution in [1.29, 1.82) is 0 Å². The lowest BCUT2D eigenvalue weighted by atomic mass is 10.3. The molecule has 7 heteroatoms. The van der Waals surface area contributed by atoms with E-state index in [9.17, 15) is 4.79 Å². The molecule has 0 aliphatic heterocycles. The van der Waals surface area contributed by atoms with E-state index >= 15 is 0 Å². The van der Waals surface area contributed by atoms with Gasteiger partial charge in [-0.2, -0.15) is 5.10 Å². The van der Waals surface area contributed by atoms with Crippen LogP contribution in [0.25, 0.3) is 0 Å². The topological polar surface area (TPSA) is 97.9 Å². The minimum atomic E-state index is -0.303. The minimum absolute atomic E-state index is 0.286. The molecular formula is C11H14N6O. The van der Waals surface area contributed by atoms with Gasteiger partial charge in [-0.05, 0) is 19.1 Å². The predicted octanol–water partition coefficient (Wildman–Crippen LogP) is 0.661. The summed E-state index contributed by atoms with van der Waals surface area (Å²) in [7, 11) is 1.79. The third-order valence-electron chi connectivity index (χ3n) is 2.42. The van der Waals surface area contributed by atoms with Crippen molar-refractivity contribution in [3.8, 4) is 0 Å². The predicted molar refractivity (Wildman–Crippen MR) is 67.9 cm³/mol. The third kappa shape index (κ3) is 2.46. The van der Waals surface area contributed by atoms with Crippen LogP contribution in [-0.2, 0) is 7.05 Å². The summed E-state index contributed by atoms with van der Waals surface area (Å²) in [4.78, 5) is 15.9. The van der Waals surface area contributed by atoms with Crippen molar-refractivity contribution >= 4 is 17.3 Å². The number of nitrogens with two attached hydrogens (primary N) is 1. The molecule has 0 radical (unpaired) electrons. The number of nitrogen functional groups attached to an aromatic ring is 1. The van der Waals surface area contributed by atoms with Gasteiger partial charge in [0, 0.05) is 19.4 Å². The zero-order valence-electron chi connectivity index (χ0n) is 10.1. The number of hydrogen-bond donors (Lipinski definition) is 3. The van der Waals surface area contributed by atoms with Gasteiger partial charge in [-0.1, -0.05) is 0 Å². The number of carbonyl (C=O) groups excluding carboxylic acids is 1. The number of hydrazine groups is 1. The van der Waals surface area contributed by atoms with E-state index in [1.807, 2.05) is 6.92 Å². The minimum Gasteiger partial charge on any atom is -0.324 e. The fraction of sp³-hybridized carbons (Fsp3) is 0.182. The number of rotatable bonds is 3. The Morgan fingerprint density at radius 3 is 2.89 bits per heavy atom. The molecule has 94 valence electrons. The molecule has 0 saturated heterocycles. The molecule has 0 bridgehead atoms. The molecule has 2 heterocycles. The fourth-order valence-corrected chi connectivity index (χ4v) is 1.55. The second kappa shape index (κ2) is 4.84. The van der Waals surface area contributed by atoms with Gasteiger partial charge in [0.1, 0.15) is 5.69 Å². The number of aryl methyl sites for hydroxylation is 2. The summed E-state index contributed by atoms with van der Waals surface area (Å²) in [6.45, 7) is 1.82. The molecular weight excluding hydrogens is 232 g/mol. The second-order valence-corrected chi connectivity index (χ2v) is 3.83. The molecule has 18 heavy (non-hydrogen) atoms. The smallest absolute Gasteiger partial charge is 0.274 e. The van der Waals surface area contributed by atoms with Crippen molar-refractivity contribution in [1.82, 2.24) is 14.8 Å². The number of pyridine rings is 1. The van der Waals surface area contributed by atoms with E-state index in [1.165, 1.54) is 6.20 Å². The molecule has 2 aromatic heterocycles. The quantitative estimate of drug-likeness (QED) is 0.546. The standard InChI is InChI=1S/C11H14N6O/c1-7-10(6-17(2)16-7)14-11(18)9-5-8(15-12)3-4-13-9/h3-6H,12H2,1-2H3,(H,13,15)(H,14,18).